The van der Waals surface area contributed by atoms with Crippen LogP contribution in [0.3, 0.4) is 0 Å². The number of rotatable bonds is 3. The number of H-pyrrole nitrogens is 1. The van der Waals surface area contributed by atoms with Gasteiger partial charge in [-0.25, -0.2) is 4.98 Å². The molecule has 23 heavy (non-hydrogen) atoms. The van der Waals surface area contributed by atoms with Gasteiger partial charge in [0.15, 0.2) is 5.13 Å². The van der Waals surface area contributed by atoms with E-state index in [1.165, 1.54) is 30.6 Å². The highest BCUT2D eigenvalue weighted by molar-refractivity contribution is 7.14. The van der Waals surface area contributed by atoms with E-state index < -0.39 is 0 Å². The number of thiazole rings is 1. The van der Waals surface area contributed by atoms with Gasteiger partial charge in [-0.2, -0.15) is 15.4 Å². The molecule has 1 aliphatic heterocycles. The number of amides is 1. The number of carbonyl (C=O) groups is 1. The molecular formula is C15H16N6OS. The zero-order valence-electron chi connectivity index (χ0n) is 12.5. The van der Waals surface area contributed by atoms with Crippen LogP contribution >= 0.6 is 11.3 Å². The smallest absolute Gasteiger partial charge is 0.275 e. The molecule has 3 aromatic rings. The number of aromatic amines is 1. The lowest BCUT2D eigenvalue weighted by Crippen LogP contribution is -2.29. The first-order chi connectivity index (χ1) is 11.3. The Kier molecular flexibility index (Phi) is 3.66. The van der Waals surface area contributed by atoms with Gasteiger partial charge in [-0.05, 0) is 37.5 Å². The molecule has 0 bridgehead atoms. The molecule has 2 N–H and O–H groups in total. The van der Waals surface area contributed by atoms with Crippen LogP contribution in [-0.2, 0) is 0 Å². The minimum Gasteiger partial charge on any atom is -0.348 e. The monoisotopic (exact) mass is 328 g/mol. The summed E-state index contributed by atoms with van der Waals surface area (Å²) < 4.78 is 0. The van der Waals surface area contributed by atoms with Crippen molar-refractivity contribution in [3.05, 3.63) is 29.3 Å². The summed E-state index contributed by atoms with van der Waals surface area (Å²) in [5.41, 5.74) is 2.62. The third kappa shape index (κ3) is 2.89. The zero-order chi connectivity index (χ0) is 15.6. The highest BCUT2D eigenvalue weighted by Gasteiger charge is 2.17. The highest BCUT2D eigenvalue weighted by Crippen LogP contribution is 2.24. The van der Waals surface area contributed by atoms with Crippen molar-refractivity contribution >= 4 is 39.1 Å². The molecule has 0 radical (unpaired) electrons. The molecule has 1 saturated heterocycles. The number of anilines is 2. The molecule has 2 aromatic heterocycles. The maximum atomic E-state index is 12.4. The van der Waals surface area contributed by atoms with E-state index in [0.717, 1.165) is 29.3 Å². The van der Waals surface area contributed by atoms with Gasteiger partial charge in [0.25, 0.3) is 5.91 Å². The van der Waals surface area contributed by atoms with E-state index in [4.69, 9.17) is 0 Å². The Balaban J connectivity index is 1.49. The number of hydrogen-bond acceptors (Lipinski definition) is 6. The highest BCUT2D eigenvalue weighted by atomic mass is 32.1. The molecule has 3 heterocycles. The van der Waals surface area contributed by atoms with Crippen LogP contribution in [0.4, 0.5) is 10.8 Å². The fourth-order valence-corrected chi connectivity index (χ4v) is 3.57. The van der Waals surface area contributed by atoms with Crippen LogP contribution in [0.1, 0.15) is 29.8 Å². The minimum atomic E-state index is -0.202. The zero-order valence-corrected chi connectivity index (χ0v) is 13.3. The number of piperidine rings is 1. The van der Waals surface area contributed by atoms with Crippen molar-refractivity contribution in [2.45, 2.75) is 19.3 Å². The van der Waals surface area contributed by atoms with Crippen molar-refractivity contribution in [3.63, 3.8) is 0 Å². The van der Waals surface area contributed by atoms with Crippen LogP contribution < -0.4 is 10.2 Å². The second-order valence-corrected chi connectivity index (χ2v) is 6.38. The molecule has 1 fully saturated rings. The quantitative estimate of drug-likeness (QED) is 0.772. The summed E-state index contributed by atoms with van der Waals surface area (Å²) in [5, 5.41) is 16.2. The number of hydrogen-bond donors (Lipinski definition) is 2. The van der Waals surface area contributed by atoms with Crippen molar-refractivity contribution in [1.29, 1.82) is 0 Å². The van der Waals surface area contributed by atoms with Crippen molar-refractivity contribution in [2.75, 3.05) is 23.3 Å². The van der Waals surface area contributed by atoms with Gasteiger partial charge in [-0.3, -0.25) is 4.79 Å². The van der Waals surface area contributed by atoms with E-state index >= 15 is 0 Å². The molecule has 0 aliphatic carbocycles. The van der Waals surface area contributed by atoms with E-state index in [0.29, 0.717) is 11.4 Å². The number of fused-ring (bicyclic) bond motifs is 1. The van der Waals surface area contributed by atoms with Crippen molar-refractivity contribution in [3.8, 4) is 0 Å². The summed E-state index contributed by atoms with van der Waals surface area (Å²) in [7, 11) is 0. The molecule has 1 aliphatic rings. The Labute approximate surface area is 136 Å². The molecule has 8 heteroatoms. The Morgan fingerprint density at radius 3 is 2.87 bits per heavy atom. The first kappa shape index (κ1) is 14.1. The van der Waals surface area contributed by atoms with Crippen LogP contribution in [0.2, 0.25) is 0 Å². The topological polar surface area (TPSA) is 86.8 Å². The normalized spacial score (nSPS) is 15.0. The van der Waals surface area contributed by atoms with E-state index in [1.807, 2.05) is 11.4 Å². The lowest BCUT2D eigenvalue weighted by molar-refractivity contribution is 0.102. The molecule has 0 unspecified atom stereocenters. The molecular weight excluding hydrogens is 312 g/mol. The lowest BCUT2D eigenvalue weighted by atomic mass is 10.1. The van der Waals surface area contributed by atoms with Gasteiger partial charge in [0.1, 0.15) is 16.7 Å². The van der Waals surface area contributed by atoms with Gasteiger partial charge >= 0.3 is 0 Å². The van der Waals surface area contributed by atoms with E-state index in [1.54, 1.807) is 12.1 Å². The van der Waals surface area contributed by atoms with Crippen LogP contribution in [-0.4, -0.2) is 39.4 Å². The number of nitrogens with zero attached hydrogens (tertiary/aromatic N) is 4. The van der Waals surface area contributed by atoms with Gasteiger partial charge < -0.3 is 10.2 Å². The average molecular weight is 328 g/mol. The Morgan fingerprint density at radius 2 is 2.00 bits per heavy atom. The minimum absolute atomic E-state index is 0.202. The molecule has 0 saturated carbocycles. The van der Waals surface area contributed by atoms with E-state index in [2.05, 4.69) is 30.6 Å². The number of benzene rings is 1. The van der Waals surface area contributed by atoms with Crippen molar-refractivity contribution in [2.24, 2.45) is 0 Å². The first-order valence-corrected chi connectivity index (χ1v) is 8.50. The Hall–Kier alpha value is -2.48. The molecule has 0 atom stereocenters. The molecule has 7 nitrogen and oxygen atoms in total. The second-order valence-electron chi connectivity index (χ2n) is 5.54. The van der Waals surface area contributed by atoms with Gasteiger partial charge in [0, 0.05) is 24.2 Å². The molecule has 4 rings (SSSR count). The maximum Gasteiger partial charge on any atom is 0.275 e. The summed E-state index contributed by atoms with van der Waals surface area (Å²) in [6.07, 6.45) is 3.66. The van der Waals surface area contributed by atoms with E-state index in [-0.39, 0.29) is 5.91 Å². The first-order valence-electron chi connectivity index (χ1n) is 7.62. The predicted octanol–water partition coefficient (Wildman–Crippen LogP) is 2.66. The lowest BCUT2D eigenvalue weighted by Gasteiger charge is -2.25. The Bertz CT molecular complexity index is 835. The second kappa shape index (κ2) is 5.96. The van der Waals surface area contributed by atoms with Crippen LogP contribution in [0.25, 0.3) is 11.0 Å². The number of nitrogens with one attached hydrogen (secondary N) is 2. The summed E-state index contributed by atoms with van der Waals surface area (Å²) in [6.45, 7) is 2.05. The van der Waals surface area contributed by atoms with Crippen LogP contribution in [0, 0.1) is 0 Å². The summed E-state index contributed by atoms with van der Waals surface area (Å²) in [4.78, 5) is 19.1. The number of carbonyl (C=O) groups excluding carboxylic acids is 1. The van der Waals surface area contributed by atoms with Gasteiger partial charge in [-0.15, -0.1) is 11.3 Å². The largest absolute Gasteiger partial charge is 0.348 e. The van der Waals surface area contributed by atoms with Crippen molar-refractivity contribution in [1.82, 2.24) is 20.4 Å². The standard InChI is InChI=1S/C15H16N6OS/c22-14(16-10-4-5-11-12(8-10)19-20-18-11)13-9-23-15(17-13)21-6-2-1-3-7-21/h4-5,8-9H,1-3,6-7H2,(H,16,22)(H,18,19,20). The molecule has 1 aromatic carbocycles. The van der Waals surface area contributed by atoms with Gasteiger partial charge in [0.2, 0.25) is 0 Å². The predicted molar refractivity (Wildman–Crippen MR) is 90.0 cm³/mol. The number of aromatic nitrogens is 4. The summed E-state index contributed by atoms with van der Waals surface area (Å²) >= 11 is 1.53. The summed E-state index contributed by atoms with van der Waals surface area (Å²) in [6, 6.07) is 5.41. The SMILES string of the molecule is O=C(Nc1ccc2n[nH]nc2c1)c1csc(N2CCCCC2)n1. The third-order valence-electron chi connectivity index (χ3n) is 3.93. The fraction of sp³-hybridized carbons (Fsp3) is 0.333. The molecule has 118 valence electrons. The molecule has 0 spiro atoms. The van der Waals surface area contributed by atoms with Crippen LogP contribution in [0.15, 0.2) is 23.6 Å². The maximum absolute atomic E-state index is 12.4. The average Bonchev–Trinajstić information content (AvgIpc) is 3.24. The Morgan fingerprint density at radius 1 is 1.17 bits per heavy atom. The van der Waals surface area contributed by atoms with Crippen molar-refractivity contribution < 1.29 is 4.79 Å². The summed E-state index contributed by atoms with van der Waals surface area (Å²) in [5.74, 6) is -0.202. The van der Waals surface area contributed by atoms with Crippen LogP contribution in [0.5, 0.6) is 0 Å². The van der Waals surface area contributed by atoms with Gasteiger partial charge in [-0.1, -0.05) is 0 Å². The molecule has 1 amide bonds. The fourth-order valence-electron chi connectivity index (χ4n) is 2.71. The van der Waals surface area contributed by atoms with Gasteiger partial charge in [0.05, 0.1) is 0 Å². The van der Waals surface area contributed by atoms with E-state index in [9.17, 15) is 4.79 Å². The third-order valence-corrected chi connectivity index (χ3v) is 4.83.